The van der Waals surface area contributed by atoms with Gasteiger partial charge in [-0.25, -0.2) is 0 Å². The largest absolute Gasteiger partial charge is 0.389 e. The van der Waals surface area contributed by atoms with E-state index in [9.17, 15) is 5.11 Å². The molecule has 2 unspecified atom stereocenters. The Bertz CT molecular complexity index is 770. The van der Waals surface area contributed by atoms with Gasteiger partial charge in [0.05, 0.1) is 25.4 Å². The molecule has 0 amide bonds. The molecular weight excluding hydrogens is 320 g/mol. The smallest absolute Gasteiger partial charge is 0.178 e. The third-order valence-corrected chi connectivity index (χ3v) is 6.05. The first-order valence-electron chi connectivity index (χ1n) is 9.16. The molecule has 2 aliphatic heterocycles. The molecule has 134 valence electrons. The second-order valence-electron chi connectivity index (χ2n) is 7.54. The molecular formula is C17H24N6O2. The number of aliphatic hydroxyl groups excluding tert-OH is 1. The van der Waals surface area contributed by atoms with Crippen molar-refractivity contribution in [1.29, 1.82) is 0 Å². The second-order valence-corrected chi connectivity index (χ2v) is 7.54. The predicted octanol–water partition coefficient (Wildman–Crippen LogP) is 0.272. The van der Waals surface area contributed by atoms with E-state index in [0.29, 0.717) is 25.2 Å². The lowest BCUT2D eigenvalue weighted by Gasteiger charge is -2.46. The van der Waals surface area contributed by atoms with Crippen molar-refractivity contribution in [3.63, 3.8) is 0 Å². The minimum absolute atomic E-state index is 0.102. The summed E-state index contributed by atoms with van der Waals surface area (Å²) >= 11 is 0. The van der Waals surface area contributed by atoms with Crippen molar-refractivity contribution in [1.82, 2.24) is 24.7 Å². The van der Waals surface area contributed by atoms with Gasteiger partial charge in [0, 0.05) is 25.0 Å². The van der Waals surface area contributed by atoms with Crippen LogP contribution in [0.3, 0.4) is 0 Å². The predicted molar refractivity (Wildman–Crippen MR) is 91.8 cm³/mol. The third-order valence-electron chi connectivity index (χ3n) is 6.05. The van der Waals surface area contributed by atoms with Gasteiger partial charge in [-0.1, -0.05) is 6.42 Å². The molecule has 2 saturated heterocycles. The lowest BCUT2D eigenvalue weighted by Crippen LogP contribution is -2.62. The zero-order valence-corrected chi connectivity index (χ0v) is 14.5. The molecule has 1 aliphatic carbocycles. The quantitative estimate of drug-likeness (QED) is 0.853. The fourth-order valence-electron chi connectivity index (χ4n) is 3.98. The Labute approximate surface area is 146 Å². The molecule has 0 radical (unpaired) electrons. The number of aromatic nitrogens is 4. The summed E-state index contributed by atoms with van der Waals surface area (Å²) < 4.78 is 7.30. The van der Waals surface area contributed by atoms with E-state index in [1.54, 1.807) is 0 Å². The standard InChI is InChI=1S/C17H24N6O2/c1-21(13-9-25-10-14(13)24)12-7-22(8-12)16-6-5-15-18-19-17(23(15)20-16)11-3-2-4-11/h5-6,11-14,24H,2-4,7-10H2,1H3. The molecule has 0 aromatic carbocycles. The maximum absolute atomic E-state index is 10.0. The van der Waals surface area contributed by atoms with Gasteiger partial charge in [-0.3, -0.25) is 4.90 Å². The lowest BCUT2D eigenvalue weighted by molar-refractivity contribution is 0.0635. The topological polar surface area (TPSA) is 79.0 Å². The highest BCUT2D eigenvalue weighted by atomic mass is 16.5. The van der Waals surface area contributed by atoms with Crippen LogP contribution in [0.25, 0.3) is 5.65 Å². The summed E-state index contributed by atoms with van der Waals surface area (Å²) in [6.45, 7) is 2.89. The van der Waals surface area contributed by atoms with Gasteiger partial charge in [0.25, 0.3) is 0 Å². The molecule has 25 heavy (non-hydrogen) atoms. The van der Waals surface area contributed by atoms with E-state index in [1.165, 1.54) is 19.3 Å². The monoisotopic (exact) mass is 344 g/mol. The average molecular weight is 344 g/mol. The van der Waals surface area contributed by atoms with E-state index in [-0.39, 0.29) is 12.1 Å². The molecule has 4 heterocycles. The van der Waals surface area contributed by atoms with Gasteiger partial charge in [-0.05, 0) is 32.0 Å². The van der Waals surface area contributed by atoms with Gasteiger partial charge in [-0.2, -0.15) is 4.52 Å². The number of anilines is 1. The fraction of sp³-hybridized carbons (Fsp3) is 0.706. The zero-order valence-electron chi connectivity index (χ0n) is 14.5. The highest BCUT2D eigenvalue weighted by Gasteiger charge is 2.39. The van der Waals surface area contributed by atoms with Crippen molar-refractivity contribution in [3.05, 3.63) is 18.0 Å². The van der Waals surface area contributed by atoms with E-state index in [4.69, 9.17) is 9.84 Å². The van der Waals surface area contributed by atoms with Crippen LogP contribution in [-0.2, 0) is 4.74 Å². The third kappa shape index (κ3) is 2.51. The summed E-state index contributed by atoms with van der Waals surface area (Å²) in [5.41, 5.74) is 0.825. The van der Waals surface area contributed by atoms with Crippen molar-refractivity contribution in [2.24, 2.45) is 0 Å². The summed E-state index contributed by atoms with van der Waals surface area (Å²) in [6.07, 6.45) is 3.27. The molecule has 2 aromatic rings. The Kier molecular flexibility index (Phi) is 3.65. The van der Waals surface area contributed by atoms with Crippen molar-refractivity contribution >= 4 is 11.5 Å². The molecule has 3 aliphatic rings. The molecule has 0 spiro atoms. The highest BCUT2D eigenvalue weighted by molar-refractivity contribution is 5.48. The Hall–Kier alpha value is -1.77. The van der Waals surface area contributed by atoms with Crippen LogP contribution in [-0.4, -0.2) is 81.4 Å². The summed E-state index contributed by atoms with van der Waals surface area (Å²) in [6, 6.07) is 4.55. The maximum atomic E-state index is 10.0. The maximum Gasteiger partial charge on any atom is 0.178 e. The first-order valence-corrected chi connectivity index (χ1v) is 9.16. The van der Waals surface area contributed by atoms with E-state index in [0.717, 1.165) is 30.4 Å². The van der Waals surface area contributed by atoms with Gasteiger partial charge < -0.3 is 14.7 Å². The van der Waals surface area contributed by atoms with Crippen LogP contribution in [0.15, 0.2) is 12.1 Å². The Morgan fingerprint density at radius 3 is 2.72 bits per heavy atom. The summed E-state index contributed by atoms with van der Waals surface area (Å²) in [7, 11) is 2.08. The van der Waals surface area contributed by atoms with Gasteiger partial charge in [0.15, 0.2) is 11.5 Å². The molecule has 2 aromatic heterocycles. The van der Waals surface area contributed by atoms with Crippen LogP contribution < -0.4 is 4.90 Å². The van der Waals surface area contributed by atoms with Gasteiger partial charge in [0.2, 0.25) is 0 Å². The molecule has 0 bridgehead atoms. The van der Waals surface area contributed by atoms with Crippen molar-refractivity contribution < 1.29 is 9.84 Å². The molecule has 3 fully saturated rings. The normalized spacial score (nSPS) is 27.9. The number of hydrogen-bond donors (Lipinski definition) is 1. The molecule has 5 rings (SSSR count). The molecule has 1 N–H and O–H groups in total. The van der Waals surface area contributed by atoms with Crippen molar-refractivity contribution in [3.8, 4) is 0 Å². The minimum atomic E-state index is -0.379. The van der Waals surface area contributed by atoms with Crippen LogP contribution in [0.2, 0.25) is 0 Å². The summed E-state index contributed by atoms with van der Waals surface area (Å²) in [4.78, 5) is 4.53. The van der Waals surface area contributed by atoms with Gasteiger partial charge in [0.1, 0.15) is 5.82 Å². The first kappa shape index (κ1) is 15.5. The Balaban J connectivity index is 1.30. The Morgan fingerprint density at radius 2 is 2.04 bits per heavy atom. The molecule has 2 atom stereocenters. The Morgan fingerprint density at radius 1 is 1.20 bits per heavy atom. The average Bonchev–Trinajstić information content (AvgIpc) is 3.11. The summed E-state index contributed by atoms with van der Waals surface area (Å²) in [5, 5.41) is 23.4. The highest BCUT2D eigenvalue weighted by Crippen LogP contribution is 2.35. The minimum Gasteiger partial charge on any atom is -0.389 e. The molecule has 8 nitrogen and oxygen atoms in total. The number of nitrogens with zero attached hydrogens (tertiary/aromatic N) is 6. The van der Waals surface area contributed by atoms with Crippen LogP contribution in [0.5, 0.6) is 0 Å². The second kappa shape index (κ2) is 5.89. The van der Waals surface area contributed by atoms with Crippen LogP contribution in [0.4, 0.5) is 5.82 Å². The van der Waals surface area contributed by atoms with Gasteiger partial charge >= 0.3 is 0 Å². The van der Waals surface area contributed by atoms with Crippen LogP contribution in [0, 0.1) is 0 Å². The van der Waals surface area contributed by atoms with E-state index < -0.39 is 0 Å². The number of aliphatic hydroxyl groups is 1. The number of ether oxygens (including phenoxy) is 1. The zero-order chi connectivity index (χ0) is 17.0. The summed E-state index contributed by atoms with van der Waals surface area (Å²) in [5.74, 6) is 2.49. The van der Waals surface area contributed by atoms with E-state index >= 15 is 0 Å². The lowest BCUT2D eigenvalue weighted by atomic mass is 9.85. The first-order chi connectivity index (χ1) is 12.2. The number of fused-ring (bicyclic) bond motifs is 1. The van der Waals surface area contributed by atoms with Crippen LogP contribution in [0.1, 0.15) is 31.0 Å². The molecule has 8 heteroatoms. The SMILES string of the molecule is CN(C1CN(c2ccc3nnc(C4CCC4)n3n2)C1)C1COCC1O. The van der Waals surface area contributed by atoms with E-state index in [2.05, 4.69) is 27.0 Å². The number of rotatable bonds is 4. The van der Waals surface area contributed by atoms with E-state index in [1.807, 2.05) is 16.6 Å². The van der Waals surface area contributed by atoms with Gasteiger partial charge in [-0.15, -0.1) is 15.3 Å². The fourth-order valence-corrected chi connectivity index (χ4v) is 3.98. The number of likely N-dealkylation sites (N-methyl/N-ethyl adjacent to an activating group) is 1. The molecule has 1 saturated carbocycles. The van der Waals surface area contributed by atoms with Crippen molar-refractivity contribution in [2.45, 2.75) is 43.4 Å². The number of hydrogen-bond acceptors (Lipinski definition) is 7. The van der Waals surface area contributed by atoms with Crippen molar-refractivity contribution in [2.75, 3.05) is 38.3 Å². The van der Waals surface area contributed by atoms with Crippen LogP contribution >= 0.6 is 0 Å².